The molecular weight excluding hydrogens is 1340 g/mol. The van der Waals surface area contributed by atoms with E-state index in [-0.39, 0.29) is 94.1 Å². The Kier molecular flexibility index (Phi) is 28.8. The third kappa shape index (κ3) is 19.6. The third-order valence-electron chi connectivity index (χ3n) is 23.7. The molecule has 0 bridgehead atoms. The molecule has 12 rings (SSSR count). The first kappa shape index (κ1) is 78.7. The molecule has 102 heavy (non-hydrogen) atoms. The predicted molar refractivity (Wildman–Crippen MR) is 414 cm³/mol. The predicted octanol–water partition coefficient (Wildman–Crippen LogP) is 19.5. The van der Waals surface area contributed by atoms with Crippen molar-refractivity contribution in [2.24, 2.45) is 47.3 Å². The van der Waals surface area contributed by atoms with Crippen LogP contribution in [0.15, 0.2) is 36.4 Å². The molecule has 5 amide bonds. The lowest BCUT2D eigenvalue weighted by Crippen LogP contribution is -2.51. The molecule has 7 aliphatic carbocycles. The van der Waals surface area contributed by atoms with Crippen LogP contribution in [0.1, 0.15) is 304 Å². The average molecular weight is 1460 g/mol. The Bertz CT molecular complexity index is 3470. The topological polar surface area (TPSA) is 191 Å². The molecule has 2 saturated heterocycles. The fourth-order valence-electron chi connectivity index (χ4n) is 17.3. The summed E-state index contributed by atoms with van der Waals surface area (Å²) in [5.74, 6) is 1.08. The Morgan fingerprint density at radius 2 is 0.696 bits per heavy atom. The highest BCUT2D eigenvalue weighted by molar-refractivity contribution is 7.16. The van der Waals surface area contributed by atoms with Crippen LogP contribution in [0, 0.1) is 47.3 Å². The third-order valence-corrected chi connectivity index (χ3v) is 27.2. The Morgan fingerprint density at radius 1 is 0.402 bits per heavy atom. The molecule has 1 N–H and O–H groups in total. The van der Waals surface area contributed by atoms with Crippen molar-refractivity contribution in [2.45, 2.75) is 278 Å². The highest BCUT2D eigenvalue weighted by Gasteiger charge is 2.42. The first-order chi connectivity index (χ1) is 49.1. The van der Waals surface area contributed by atoms with E-state index >= 15 is 0 Å². The maximum Gasteiger partial charge on any atom is 0.350 e. The van der Waals surface area contributed by atoms with Gasteiger partial charge >= 0.3 is 17.9 Å². The van der Waals surface area contributed by atoms with Crippen LogP contribution in [-0.2, 0) is 33.4 Å². The number of carboxylic acids is 1. The zero-order chi connectivity index (χ0) is 72.7. The second kappa shape index (κ2) is 37.4. The summed E-state index contributed by atoms with van der Waals surface area (Å²) in [5, 5.41) is 10.1. The molecule has 0 atom stereocenters. The summed E-state index contributed by atoms with van der Waals surface area (Å²) in [4.78, 5) is 120. The molecule has 3 aromatic rings. The minimum Gasteiger partial charge on any atom is -0.477 e. The SMILES string of the molecule is CC1CCC(C(=O)N(c2cc(C3=CCCCC3)sc2C(=O)O)C2CCN(C(=O)C(C)C)CC2)CC1.COC(=O)c1sc(C2=CCCCC2)cc1N(C(=O)C1CCC(C)CC1)C1CCCCC1.COC(=O)c1sc(C2=CCCCC2)cc1N(C(=O)C1CCC(C)CC1)C1CCN(C(=O)C(C)C)CC1. The molecule has 2 aliphatic heterocycles. The lowest BCUT2D eigenvalue weighted by molar-refractivity contribution is -0.136. The number of ether oxygens (including phenoxy) is 2. The number of amides is 5. The maximum atomic E-state index is 14.2. The van der Waals surface area contributed by atoms with Gasteiger partial charge in [0.25, 0.3) is 0 Å². The smallest absolute Gasteiger partial charge is 0.350 e. The number of hydrogen-bond donors (Lipinski definition) is 1. The lowest BCUT2D eigenvalue weighted by Gasteiger charge is -2.41. The van der Waals surface area contributed by atoms with E-state index in [0.717, 1.165) is 187 Å². The van der Waals surface area contributed by atoms with E-state index in [0.29, 0.717) is 77.9 Å². The number of allylic oxidation sites excluding steroid dienone is 6. The summed E-state index contributed by atoms with van der Waals surface area (Å²) in [6.45, 7) is 17.0. The van der Waals surface area contributed by atoms with Crippen LogP contribution in [0.4, 0.5) is 17.1 Å². The van der Waals surface area contributed by atoms with Crippen LogP contribution in [0.2, 0.25) is 0 Å². The van der Waals surface area contributed by atoms with E-state index in [1.807, 2.05) is 53.4 Å². The number of aromatic carboxylic acids is 1. The van der Waals surface area contributed by atoms with Crippen LogP contribution in [0.25, 0.3) is 16.7 Å². The first-order valence-electron chi connectivity index (χ1n) is 39.6. The number of methoxy groups -OCH3 is 2. The van der Waals surface area contributed by atoms with Gasteiger partial charge in [0.05, 0.1) is 31.3 Å². The van der Waals surface area contributed by atoms with Gasteiger partial charge in [-0.15, -0.1) is 34.0 Å². The van der Waals surface area contributed by atoms with Crippen molar-refractivity contribution in [2.75, 3.05) is 55.1 Å². The quantitative estimate of drug-likeness (QED) is 0.127. The number of carboxylic acid groups (broad SMARTS) is 1. The van der Waals surface area contributed by atoms with Gasteiger partial charge in [-0.2, -0.15) is 0 Å². The van der Waals surface area contributed by atoms with Crippen molar-refractivity contribution in [3.63, 3.8) is 0 Å². The number of carbonyl (C=O) groups is 8. The Hall–Kier alpha value is -5.92. The van der Waals surface area contributed by atoms with E-state index < -0.39 is 5.97 Å². The molecular formula is C83H119N5O11S3. The zero-order valence-corrected chi connectivity index (χ0v) is 65.4. The van der Waals surface area contributed by atoms with Crippen molar-refractivity contribution in [3.05, 3.63) is 65.7 Å². The summed E-state index contributed by atoms with van der Waals surface area (Å²) >= 11 is 4.30. The van der Waals surface area contributed by atoms with Crippen LogP contribution in [0.5, 0.6) is 0 Å². The van der Waals surface area contributed by atoms with E-state index in [4.69, 9.17) is 9.47 Å². The van der Waals surface area contributed by atoms with Gasteiger partial charge in [0.2, 0.25) is 29.5 Å². The number of thiophene rings is 3. The molecule has 0 aromatic carbocycles. The van der Waals surface area contributed by atoms with E-state index in [1.165, 1.54) is 97.1 Å². The van der Waals surface area contributed by atoms with Crippen molar-refractivity contribution in [1.82, 2.24) is 9.80 Å². The molecule has 560 valence electrons. The van der Waals surface area contributed by atoms with Crippen LogP contribution in [0.3, 0.4) is 0 Å². The van der Waals surface area contributed by atoms with Gasteiger partial charge in [-0.1, -0.05) is 86.0 Å². The number of piperidine rings is 2. The Morgan fingerprint density at radius 3 is 0.971 bits per heavy atom. The molecule has 0 unspecified atom stereocenters. The van der Waals surface area contributed by atoms with E-state index in [1.54, 1.807) is 0 Å². The first-order valence-corrected chi connectivity index (χ1v) is 42.1. The van der Waals surface area contributed by atoms with Crippen molar-refractivity contribution >= 4 is 115 Å². The maximum absolute atomic E-state index is 14.2. The molecule has 0 spiro atoms. The van der Waals surface area contributed by atoms with Gasteiger partial charge in [0, 0.05) is 88.5 Å². The van der Waals surface area contributed by atoms with E-state index in [2.05, 4.69) is 56.0 Å². The normalized spacial score (nSPS) is 24.0. The van der Waals surface area contributed by atoms with Gasteiger partial charge in [-0.25, -0.2) is 14.4 Å². The van der Waals surface area contributed by atoms with Gasteiger partial charge < -0.3 is 39.1 Å². The number of hydrogen-bond acceptors (Lipinski definition) is 13. The largest absolute Gasteiger partial charge is 0.477 e. The number of carbonyl (C=O) groups excluding carboxylic acids is 7. The van der Waals surface area contributed by atoms with E-state index in [9.17, 15) is 43.5 Å². The number of likely N-dealkylation sites (tertiary alicyclic amines) is 2. The number of anilines is 3. The summed E-state index contributed by atoms with van der Waals surface area (Å²) in [7, 11) is 2.86. The monoisotopic (exact) mass is 1460 g/mol. The molecule has 5 heterocycles. The average Bonchev–Trinajstić information content (AvgIpc) is 1.59. The number of nitrogens with zero attached hydrogens (tertiary/aromatic N) is 5. The summed E-state index contributed by atoms with van der Waals surface area (Å²) in [6.07, 6.45) is 40.5. The molecule has 6 fully saturated rings. The lowest BCUT2D eigenvalue weighted by atomic mass is 9.81. The van der Waals surface area contributed by atoms with Crippen LogP contribution < -0.4 is 14.7 Å². The van der Waals surface area contributed by atoms with Gasteiger partial charge in [-0.3, -0.25) is 24.0 Å². The number of esters is 2. The molecule has 3 aromatic heterocycles. The standard InChI is InChI=1S/C29H42N2O4S.C28H40N2O4S.C26H37NO3S/c1-19(2)27(32)30-16-14-23(15-17-30)31(28(33)22-12-10-20(3)11-13-22)24-18-25(21-8-6-5-7-9-21)36-26(24)29(34)35-4;1-18(2)26(31)29-15-13-22(14-16-29)30(27(32)21-11-9-19(3)10-12-21)23-17-24(35-25(23)28(33)34)20-7-5-4-6-8-20;1-18-13-15-20(16-14-18)25(28)27(21-11-7-4-8-12-21)22-17-23(19-9-5-3-6-10-19)31-24(22)26(29)30-2/h8,18-20,22-23H,5-7,9-17H2,1-4H3;7,17-19,21-22H,4-6,8-16H2,1-3H3,(H,33,34);9,17-18,20-21H,3-8,10-16H2,1-2H3. The second-order valence-corrected chi connectivity index (χ2v) is 35.1. The molecule has 4 saturated carbocycles. The fraction of sp³-hybridized carbons (Fsp3) is 0.687. The zero-order valence-electron chi connectivity index (χ0n) is 63.0. The molecule has 0 radical (unpaired) electrons. The number of rotatable bonds is 17. The van der Waals surface area contributed by atoms with Crippen molar-refractivity contribution in [3.8, 4) is 0 Å². The summed E-state index contributed by atoms with van der Waals surface area (Å²) in [6, 6.07) is 6.26. The van der Waals surface area contributed by atoms with Crippen LogP contribution >= 0.6 is 34.0 Å². The molecule has 9 aliphatic rings. The van der Waals surface area contributed by atoms with Gasteiger partial charge in [-0.05, 0) is 245 Å². The van der Waals surface area contributed by atoms with Gasteiger partial charge in [0.15, 0.2) is 0 Å². The molecule has 16 nitrogen and oxygen atoms in total. The highest BCUT2D eigenvalue weighted by atomic mass is 32.1. The summed E-state index contributed by atoms with van der Waals surface area (Å²) < 4.78 is 10.4. The summed E-state index contributed by atoms with van der Waals surface area (Å²) in [5.41, 5.74) is 5.92. The molecule has 19 heteroatoms. The van der Waals surface area contributed by atoms with Gasteiger partial charge in [0.1, 0.15) is 14.6 Å². The minimum absolute atomic E-state index is 0.0146. The van der Waals surface area contributed by atoms with Crippen molar-refractivity contribution in [1.29, 1.82) is 0 Å². The second-order valence-electron chi connectivity index (χ2n) is 31.9. The Labute approximate surface area is 620 Å². The highest BCUT2D eigenvalue weighted by Crippen LogP contribution is 2.47. The fourth-order valence-corrected chi connectivity index (χ4v) is 20.7. The van der Waals surface area contributed by atoms with Crippen molar-refractivity contribution < 1.29 is 52.9 Å². The van der Waals surface area contributed by atoms with Crippen LogP contribution in [-0.4, -0.2) is 121 Å². The Balaban J connectivity index is 0.000000165. The minimum atomic E-state index is -0.963.